The van der Waals surface area contributed by atoms with Gasteiger partial charge >= 0.3 is 0 Å². The van der Waals surface area contributed by atoms with E-state index in [1.807, 2.05) is 13.8 Å². The minimum Gasteiger partial charge on any atom is -0.491 e. The molecule has 0 spiro atoms. The van der Waals surface area contributed by atoms with E-state index in [9.17, 15) is 18.4 Å². The maximum Gasteiger partial charge on any atom is 0.282 e. The molecule has 0 saturated carbocycles. The third kappa shape index (κ3) is 4.09. The number of benzene rings is 3. The zero-order chi connectivity index (χ0) is 22.8. The van der Waals surface area contributed by atoms with Gasteiger partial charge in [0.25, 0.3) is 11.8 Å². The highest BCUT2D eigenvalue weighted by Crippen LogP contribution is 2.35. The number of ether oxygens (including phenoxy) is 1. The minimum atomic E-state index is -0.707. The second-order valence-electron chi connectivity index (χ2n) is 7.47. The zero-order valence-electron chi connectivity index (χ0n) is 17.4. The van der Waals surface area contributed by atoms with E-state index < -0.39 is 23.4 Å². The lowest BCUT2D eigenvalue weighted by Gasteiger charge is -2.16. The Morgan fingerprint density at radius 1 is 0.844 bits per heavy atom. The van der Waals surface area contributed by atoms with Gasteiger partial charge in [-0.1, -0.05) is 24.3 Å². The molecule has 7 heteroatoms. The summed E-state index contributed by atoms with van der Waals surface area (Å²) in [5.41, 5.74) is 0.723. The normalized spacial score (nSPS) is 13.8. The molecular formula is C25H20F2N2O3. The number of carbonyl (C=O) groups excluding carboxylic acids is 2. The second-order valence-corrected chi connectivity index (χ2v) is 7.47. The molecule has 4 rings (SSSR count). The Hall–Kier alpha value is -4.00. The molecule has 0 atom stereocenters. The van der Waals surface area contributed by atoms with Gasteiger partial charge in [0.1, 0.15) is 23.1 Å². The molecule has 0 fully saturated rings. The SMILES string of the molecule is CC(C)Oc1ccc(NC2=C(c3ccc(F)cc3)C(=O)N(c3ccccc3F)C2=O)cc1. The van der Waals surface area contributed by atoms with Crippen LogP contribution in [0.15, 0.2) is 78.5 Å². The van der Waals surface area contributed by atoms with Gasteiger partial charge in [0.05, 0.1) is 17.4 Å². The number of nitrogens with zero attached hydrogens (tertiary/aromatic N) is 1. The standard InChI is InChI=1S/C25H20F2N2O3/c1-15(2)32-19-13-11-18(12-14-19)28-23-22(16-7-9-17(26)10-8-16)24(30)29(25(23)31)21-6-4-3-5-20(21)27/h3-15,28H,1-2H3. The summed E-state index contributed by atoms with van der Waals surface area (Å²) in [4.78, 5) is 27.3. The van der Waals surface area contributed by atoms with Crippen molar-refractivity contribution in [3.63, 3.8) is 0 Å². The van der Waals surface area contributed by atoms with E-state index in [-0.39, 0.29) is 23.1 Å². The quantitative estimate of drug-likeness (QED) is 0.546. The van der Waals surface area contributed by atoms with Gasteiger partial charge in [-0.05, 0) is 67.9 Å². The van der Waals surface area contributed by atoms with Crippen LogP contribution in [0, 0.1) is 11.6 Å². The Kier molecular flexibility index (Phi) is 5.73. The Morgan fingerprint density at radius 3 is 2.12 bits per heavy atom. The lowest BCUT2D eigenvalue weighted by atomic mass is 10.0. The van der Waals surface area contributed by atoms with Crippen molar-refractivity contribution in [2.75, 3.05) is 10.2 Å². The second kappa shape index (κ2) is 8.63. The summed E-state index contributed by atoms with van der Waals surface area (Å²) < 4.78 is 33.5. The van der Waals surface area contributed by atoms with Gasteiger partial charge in [-0.15, -0.1) is 0 Å². The van der Waals surface area contributed by atoms with E-state index in [0.29, 0.717) is 17.0 Å². The average Bonchev–Trinajstić information content (AvgIpc) is 3.00. The number of anilines is 2. The fourth-order valence-corrected chi connectivity index (χ4v) is 3.42. The Balaban J connectivity index is 1.75. The number of nitrogens with one attached hydrogen (secondary N) is 1. The smallest absolute Gasteiger partial charge is 0.282 e. The van der Waals surface area contributed by atoms with E-state index in [0.717, 1.165) is 4.90 Å². The number of para-hydroxylation sites is 1. The summed E-state index contributed by atoms with van der Waals surface area (Å²) in [6.45, 7) is 3.82. The van der Waals surface area contributed by atoms with E-state index in [1.165, 1.54) is 48.5 Å². The van der Waals surface area contributed by atoms with Crippen LogP contribution in [0.5, 0.6) is 5.75 Å². The van der Waals surface area contributed by atoms with Crippen molar-refractivity contribution in [3.05, 3.63) is 95.7 Å². The summed E-state index contributed by atoms with van der Waals surface area (Å²) in [6, 6.07) is 17.6. The van der Waals surface area contributed by atoms with Gasteiger partial charge in [-0.2, -0.15) is 0 Å². The maximum atomic E-state index is 14.4. The maximum absolute atomic E-state index is 14.4. The van der Waals surface area contributed by atoms with Gasteiger partial charge in [-0.3, -0.25) is 9.59 Å². The van der Waals surface area contributed by atoms with Crippen LogP contribution in [0.2, 0.25) is 0 Å². The van der Waals surface area contributed by atoms with E-state index in [1.54, 1.807) is 24.3 Å². The molecule has 3 aromatic carbocycles. The molecule has 0 saturated heterocycles. The molecule has 0 aromatic heterocycles. The molecule has 1 aliphatic heterocycles. The molecular weight excluding hydrogens is 414 g/mol. The summed E-state index contributed by atoms with van der Waals surface area (Å²) in [6.07, 6.45) is 0.00459. The predicted octanol–water partition coefficient (Wildman–Crippen LogP) is 5.15. The van der Waals surface area contributed by atoms with Gasteiger partial charge in [0.2, 0.25) is 0 Å². The van der Waals surface area contributed by atoms with Crippen LogP contribution in [-0.4, -0.2) is 17.9 Å². The third-order valence-electron chi connectivity index (χ3n) is 4.81. The van der Waals surface area contributed by atoms with Crippen molar-refractivity contribution >= 4 is 28.8 Å². The van der Waals surface area contributed by atoms with Crippen molar-refractivity contribution in [2.24, 2.45) is 0 Å². The summed E-state index contributed by atoms with van der Waals surface area (Å²) in [5, 5.41) is 2.98. The lowest BCUT2D eigenvalue weighted by Crippen LogP contribution is -2.33. The molecule has 1 N–H and O–H groups in total. The van der Waals surface area contributed by atoms with E-state index in [2.05, 4.69) is 5.32 Å². The van der Waals surface area contributed by atoms with E-state index in [4.69, 9.17) is 4.74 Å². The predicted molar refractivity (Wildman–Crippen MR) is 118 cm³/mol. The van der Waals surface area contributed by atoms with Crippen molar-refractivity contribution in [3.8, 4) is 5.75 Å². The third-order valence-corrected chi connectivity index (χ3v) is 4.81. The van der Waals surface area contributed by atoms with Crippen LogP contribution in [0.25, 0.3) is 5.57 Å². The van der Waals surface area contributed by atoms with E-state index >= 15 is 0 Å². The molecule has 1 heterocycles. The molecule has 0 aliphatic carbocycles. The Bertz CT molecular complexity index is 1200. The number of rotatable bonds is 6. The van der Waals surface area contributed by atoms with Crippen molar-refractivity contribution in [1.82, 2.24) is 0 Å². The molecule has 2 amide bonds. The number of carbonyl (C=O) groups is 2. The van der Waals surface area contributed by atoms with Crippen LogP contribution in [0.3, 0.4) is 0 Å². The summed E-state index contributed by atoms with van der Waals surface area (Å²) in [5.74, 6) is -1.94. The minimum absolute atomic E-state index is 0.00459. The molecule has 0 unspecified atom stereocenters. The zero-order valence-corrected chi connectivity index (χ0v) is 17.4. The Labute approximate surface area is 183 Å². The van der Waals surface area contributed by atoms with Gasteiger partial charge in [-0.25, -0.2) is 13.7 Å². The highest BCUT2D eigenvalue weighted by Gasteiger charge is 2.41. The molecule has 3 aromatic rings. The van der Waals surface area contributed by atoms with Crippen molar-refractivity contribution in [2.45, 2.75) is 20.0 Å². The van der Waals surface area contributed by atoms with Gasteiger partial charge < -0.3 is 10.1 Å². The topological polar surface area (TPSA) is 58.6 Å². The fourth-order valence-electron chi connectivity index (χ4n) is 3.42. The highest BCUT2D eigenvalue weighted by atomic mass is 19.1. The summed E-state index contributed by atoms with van der Waals surface area (Å²) in [7, 11) is 0. The fraction of sp³-hybridized carbons (Fsp3) is 0.120. The number of amides is 2. The first kappa shape index (κ1) is 21.2. The first-order valence-electron chi connectivity index (χ1n) is 10.0. The van der Waals surface area contributed by atoms with Gasteiger partial charge in [0.15, 0.2) is 0 Å². The van der Waals surface area contributed by atoms with Crippen molar-refractivity contribution < 1.29 is 23.1 Å². The van der Waals surface area contributed by atoms with Crippen LogP contribution in [0.4, 0.5) is 20.2 Å². The molecule has 5 nitrogen and oxygen atoms in total. The number of imide groups is 1. The molecule has 32 heavy (non-hydrogen) atoms. The molecule has 162 valence electrons. The van der Waals surface area contributed by atoms with Crippen molar-refractivity contribution in [1.29, 1.82) is 0 Å². The number of halogens is 2. The van der Waals surface area contributed by atoms with Crippen LogP contribution in [0.1, 0.15) is 19.4 Å². The molecule has 1 aliphatic rings. The van der Waals surface area contributed by atoms with Crippen LogP contribution < -0.4 is 15.0 Å². The molecule has 0 radical (unpaired) electrons. The van der Waals surface area contributed by atoms with Gasteiger partial charge in [0, 0.05) is 5.69 Å². The lowest BCUT2D eigenvalue weighted by molar-refractivity contribution is -0.120. The first-order valence-corrected chi connectivity index (χ1v) is 10.0. The number of hydrogen-bond donors (Lipinski definition) is 1. The highest BCUT2D eigenvalue weighted by molar-refractivity contribution is 6.46. The number of hydrogen-bond acceptors (Lipinski definition) is 4. The van der Waals surface area contributed by atoms with Crippen LogP contribution >= 0.6 is 0 Å². The van der Waals surface area contributed by atoms with Crippen LogP contribution in [-0.2, 0) is 9.59 Å². The molecule has 0 bridgehead atoms. The average molecular weight is 434 g/mol. The Morgan fingerprint density at radius 2 is 1.50 bits per heavy atom. The largest absolute Gasteiger partial charge is 0.491 e. The monoisotopic (exact) mass is 434 g/mol. The summed E-state index contributed by atoms with van der Waals surface area (Å²) >= 11 is 0. The first-order chi connectivity index (χ1) is 15.3.